The number of carbonyl (C=O) groups is 3. The smallest absolute Gasteiger partial charge is 0.407 e. The van der Waals surface area contributed by atoms with E-state index in [4.69, 9.17) is 9.47 Å². The SMILES string of the molecule is COC(C)C(NC(=O)N(C)Cc1csc(C(C)C)n1)C(=O)CC(CCC(Cc1ccccc1)NC(=O)OCc1cncs1)Cc1ccccc1. The summed E-state index contributed by atoms with van der Waals surface area (Å²) >= 11 is 3.01. The lowest BCUT2D eigenvalue weighted by molar-refractivity contribution is -0.124. The van der Waals surface area contributed by atoms with E-state index in [1.165, 1.54) is 16.2 Å². The van der Waals surface area contributed by atoms with Crippen LogP contribution in [0.4, 0.5) is 9.59 Å². The molecule has 268 valence electrons. The number of hydrogen-bond acceptors (Lipinski definition) is 9. The fourth-order valence-electron chi connectivity index (χ4n) is 5.67. The van der Waals surface area contributed by atoms with E-state index in [0.29, 0.717) is 38.1 Å². The number of nitrogens with one attached hydrogen (secondary N) is 2. The summed E-state index contributed by atoms with van der Waals surface area (Å²) < 4.78 is 11.1. The Labute approximate surface area is 303 Å². The van der Waals surface area contributed by atoms with Crippen molar-refractivity contribution in [3.8, 4) is 0 Å². The lowest BCUT2D eigenvalue weighted by Crippen LogP contribution is -2.52. The predicted molar refractivity (Wildman–Crippen MR) is 198 cm³/mol. The van der Waals surface area contributed by atoms with Crippen LogP contribution in [0.1, 0.15) is 72.7 Å². The van der Waals surface area contributed by atoms with Gasteiger partial charge in [-0.15, -0.1) is 22.7 Å². The van der Waals surface area contributed by atoms with Gasteiger partial charge < -0.3 is 25.0 Å². The predicted octanol–water partition coefficient (Wildman–Crippen LogP) is 7.40. The van der Waals surface area contributed by atoms with Gasteiger partial charge in [-0.1, -0.05) is 74.5 Å². The van der Waals surface area contributed by atoms with Gasteiger partial charge in [-0.2, -0.15) is 0 Å². The van der Waals surface area contributed by atoms with Crippen molar-refractivity contribution < 1.29 is 23.9 Å². The molecule has 0 fully saturated rings. The zero-order valence-electron chi connectivity index (χ0n) is 29.5. The van der Waals surface area contributed by atoms with E-state index in [-0.39, 0.29) is 36.8 Å². The Bertz CT molecular complexity index is 1600. The number of Topliss-reactive ketones (excluding diaryl/α,β-unsaturated/α-hetero) is 1. The average Bonchev–Trinajstić information content (AvgIpc) is 3.82. The normalized spacial score (nSPS) is 13.6. The summed E-state index contributed by atoms with van der Waals surface area (Å²) in [6, 6.07) is 18.6. The summed E-state index contributed by atoms with van der Waals surface area (Å²) in [6.07, 6.45) is 3.47. The molecule has 4 unspecified atom stereocenters. The summed E-state index contributed by atoms with van der Waals surface area (Å²) in [5, 5.41) is 9.00. The Morgan fingerprint density at radius 2 is 1.58 bits per heavy atom. The molecule has 12 heteroatoms. The highest BCUT2D eigenvalue weighted by Gasteiger charge is 2.30. The van der Waals surface area contributed by atoms with Crippen LogP contribution in [0.25, 0.3) is 0 Å². The van der Waals surface area contributed by atoms with Crippen molar-refractivity contribution >= 4 is 40.6 Å². The highest BCUT2D eigenvalue weighted by molar-refractivity contribution is 7.09. The second-order valence-corrected chi connectivity index (χ2v) is 14.8. The van der Waals surface area contributed by atoms with Crippen LogP contribution in [0.5, 0.6) is 0 Å². The maximum absolute atomic E-state index is 14.0. The van der Waals surface area contributed by atoms with Gasteiger partial charge in [-0.25, -0.2) is 14.6 Å². The van der Waals surface area contributed by atoms with Crippen molar-refractivity contribution in [2.75, 3.05) is 14.2 Å². The lowest BCUT2D eigenvalue weighted by Gasteiger charge is -2.28. The van der Waals surface area contributed by atoms with Crippen molar-refractivity contribution in [1.29, 1.82) is 0 Å². The number of urea groups is 1. The van der Waals surface area contributed by atoms with Crippen molar-refractivity contribution in [2.24, 2.45) is 5.92 Å². The number of nitrogens with zero attached hydrogens (tertiary/aromatic N) is 3. The number of ketones is 1. The largest absolute Gasteiger partial charge is 0.444 e. The van der Waals surface area contributed by atoms with Crippen molar-refractivity contribution in [2.45, 2.75) is 90.1 Å². The van der Waals surface area contributed by atoms with E-state index in [2.05, 4.69) is 46.6 Å². The van der Waals surface area contributed by atoms with E-state index in [1.54, 1.807) is 44.1 Å². The van der Waals surface area contributed by atoms with Crippen LogP contribution in [0.3, 0.4) is 0 Å². The molecule has 2 heterocycles. The maximum Gasteiger partial charge on any atom is 0.407 e. The van der Waals surface area contributed by atoms with Crippen LogP contribution in [0.2, 0.25) is 0 Å². The molecule has 2 aromatic heterocycles. The summed E-state index contributed by atoms with van der Waals surface area (Å²) in [6.45, 7) is 6.46. The van der Waals surface area contributed by atoms with E-state index >= 15 is 0 Å². The number of thiazole rings is 2. The number of benzene rings is 2. The number of aromatic nitrogens is 2. The molecule has 0 bridgehead atoms. The molecule has 50 heavy (non-hydrogen) atoms. The first-order valence-electron chi connectivity index (χ1n) is 17.0. The zero-order valence-corrected chi connectivity index (χ0v) is 31.2. The molecular weight excluding hydrogens is 671 g/mol. The van der Waals surface area contributed by atoms with Crippen molar-refractivity contribution in [3.63, 3.8) is 0 Å². The molecule has 0 radical (unpaired) electrons. The number of methoxy groups -OCH3 is 1. The molecule has 0 saturated carbocycles. The monoisotopic (exact) mass is 719 g/mol. The van der Waals surface area contributed by atoms with Gasteiger partial charge in [0, 0.05) is 44.1 Å². The van der Waals surface area contributed by atoms with Gasteiger partial charge in [0.05, 0.1) is 33.7 Å². The third kappa shape index (κ3) is 12.6. The van der Waals surface area contributed by atoms with Crippen LogP contribution in [0.15, 0.2) is 77.8 Å². The standard InChI is InChI=1S/C38H49N5O5S2/c1-26(2)36-40-32(24-49-36)22-43(4)37(45)42-35(27(3)47-5)34(44)20-30(18-28-12-8-6-9-13-28)16-17-31(19-29-14-10-7-11-15-29)41-38(46)48-23-33-21-39-25-50-33/h6-15,21,24-27,30-31,35H,16-20,22-23H2,1-5H3,(H,41,46)(H,42,45). The number of amides is 3. The third-order valence-corrected chi connectivity index (χ3v) is 10.5. The fourth-order valence-corrected chi connectivity index (χ4v) is 7.00. The highest BCUT2D eigenvalue weighted by atomic mass is 32.1. The van der Waals surface area contributed by atoms with E-state index < -0.39 is 18.2 Å². The van der Waals surface area contributed by atoms with Crippen LogP contribution >= 0.6 is 22.7 Å². The molecule has 2 N–H and O–H groups in total. The number of carbonyl (C=O) groups excluding carboxylic acids is 3. The van der Waals surface area contributed by atoms with Crippen LogP contribution < -0.4 is 10.6 Å². The quantitative estimate of drug-likeness (QED) is 0.104. The van der Waals surface area contributed by atoms with Crippen LogP contribution in [-0.2, 0) is 40.3 Å². The average molecular weight is 720 g/mol. The minimum Gasteiger partial charge on any atom is -0.444 e. The van der Waals surface area contributed by atoms with Gasteiger partial charge in [-0.3, -0.25) is 9.78 Å². The molecule has 0 saturated heterocycles. The zero-order chi connectivity index (χ0) is 35.9. The fraction of sp³-hybridized carbons (Fsp3) is 0.447. The van der Waals surface area contributed by atoms with Gasteiger partial charge in [0.2, 0.25) is 0 Å². The van der Waals surface area contributed by atoms with Gasteiger partial charge in [0.25, 0.3) is 0 Å². The van der Waals surface area contributed by atoms with Gasteiger partial charge in [0.15, 0.2) is 5.78 Å². The first kappa shape index (κ1) is 38.7. The van der Waals surface area contributed by atoms with E-state index in [0.717, 1.165) is 26.7 Å². The lowest BCUT2D eigenvalue weighted by atomic mass is 9.86. The Balaban J connectivity index is 1.45. The maximum atomic E-state index is 14.0. The van der Waals surface area contributed by atoms with E-state index in [1.807, 2.05) is 53.9 Å². The Kier molecular flexibility index (Phi) is 15.4. The first-order chi connectivity index (χ1) is 24.1. The molecule has 3 amide bonds. The van der Waals surface area contributed by atoms with Gasteiger partial charge in [0.1, 0.15) is 12.6 Å². The molecule has 4 aromatic rings. The summed E-state index contributed by atoms with van der Waals surface area (Å²) in [5.74, 6) is 0.159. The minimum atomic E-state index is -0.838. The Morgan fingerprint density at radius 1 is 0.900 bits per heavy atom. The molecule has 2 aromatic carbocycles. The summed E-state index contributed by atoms with van der Waals surface area (Å²) in [7, 11) is 3.24. The number of hydrogen-bond donors (Lipinski definition) is 2. The summed E-state index contributed by atoms with van der Waals surface area (Å²) in [4.78, 5) is 51.4. The third-order valence-electron chi connectivity index (χ3n) is 8.53. The van der Waals surface area contributed by atoms with Crippen molar-refractivity contribution in [3.05, 3.63) is 104 Å². The molecule has 4 atom stereocenters. The molecule has 0 aliphatic rings. The Hall–Kier alpha value is -4.13. The Morgan fingerprint density at radius 3 is 2.18 bits per heavy atom. The van der Waals surface area contributed by atoms with Crippen LogP contribution in [0, 0.1) is 5.92 Å². The molecule has 4 rings (SSSR count). The van der Waals surface area contributed by atoms with Gasteiger partial charge in [-0.05, 0) is 49.7 Å². The first-order valence-corrected chi connectivity index (χ1v) is 18.8. The molecule has 0 spiro atoms. The van der Waals surface area contributed by atoms with Crippen LogP contribution in [-0.4, -0.2) is 65.1 Å². The highest BCUT2D eigenvalue weighted by Crippen LogP contribution is 2.23. The van der Waals surface area contributed by atoms with Crippen molar-refractivity contribution in [1.82, 2.24) is 25.5 Å². The van der Waals surface area contributed by atoms with Gasteiger partial charge >= 0.3 is 12.1 Å². The van der Waals surface area contributed by atoms with E-state index in [9.17, 15) is 14.4 Å². The second-order valence-electron chi connectivity index (χ2n) is 12.9. The minimum absolute atomic E-state index is 0.0520. The molecule has 0 aliphatic carbocycles. The topological polar surface area (TPSA) is 123 Å². The summed E-state index contributed by atoms with van der Waals surface area (Å²) in [5.41, 5.74) is 4.73. The molecule has 0 aliphatic heterocycles. The number of alkyl carbamates (subject to hydrolysis) is 1. The number of ether oxygens (including phenoxy) is 2. The number of rotatable bonds is 19. The second kappa shape index (κ2) is 19.9. The molecule has 10 nitrogen and oxygen atoms in total. The molecular formula is C38H49N5O5S2.